The van der Waals surface area contributed by atoms with E-state index in [0.29, 0.717) is 16.1 Å². The zero-order chi connectivity index (χ0) is 13.2. The lowest BCUT2D eigenvalue weighted by Crippen LogP contribution is -2.26. The quantitative estimate of drug-likeness (QED) is 0.850. The first-order valence-corrected chi connectivity index (χ1v) is 8.02. The minimum atomic E-state index is 0.412. The number of nitrogens with zero attached hydrogens (tertiary/aromatic N) is 1. The minimum Gasteiger partial charge on any atom is -0.308 e. The summed E-state index contributed by atoms with van der Waals surface area (Å²) in [4.78, 5) is 4.73. The zero-order valence-corrected chi connectivity index (χ0v) is 12.7. The summed E-state index contributed by atoms with van der Waals surface area (Å²) in [6.45, 7) is 1.09. The summed E-state index contributed by atoms with van der Waals surface area (Å²) in [5.74, 6) is 0. The first kappa shape index (κ1) is 13.4. The third kappa shape index (κ3) is 2.95. The highest BCUT2D eigenvalue weighted by Crippen LogP contribution is 2.32. The number of thiazole rings is 1. The van der Waals surface area contributed by atoms with Gasteiger partial charge < -0.3 is 5.32 Å². The number of hydrogen-bond acceptors (Lipinski definition) is 3. The maximum absolute atomic E-state index is 6.05. The molecule has 1 aliphatic heterocycles. The van der Waals surface area contributed by atoms with Gasteiger partial charge in [0.05, 0.1) is 21.8 Å². The lowest BCUT2D eigenvalue weighted by atomic mass is 10.1. The Morgan fingerprint density at radius 3 is 2.84 bits per heavy atom. The molecule has 5 heteroatoms. The molecular weight excluding hydrogens is 299 g/mol. The highest BCUT2D eigenvalue weighted by molar-refractivity contribution is 7.10. The van der Waals surface area contributed by atoms with Crippen LogP contribution in [0.4, 0.5) is 0 Å². The van der Waals surface area contributed by atoms with Crippen LogP contribution in [0.25, 0.3) is 11.3 Å². The molecule has 1 aromatic carbocycles. The molecule has 2 heterocycles. The number of aromatic nitrogens is 1. The van der Waals surface area contributed by atoms with Crippen molar-refractivity contribution in [2.45, 2.75) is 25.3 Å². The van der Waals surface area contributed by atoms with E-state index in [-0.39, 0.29) is 0 Å². The first-order chi connectivity index (χ1) is 9.24. The summed E-state index contributed by atoms with van der Waals surface area (Å²) in [6, 6.07) is 6.06. The maximum atomic E-state index is 6.05. The Balaban J connectivity index is 1.85. The third-order valence-electron chi connectivity index (χ3n) is 3.35. The maximum Gasteiger partial charge on any atom is 0.110 e. The van der Waals surface area contributed by atoms with Gasteiger partial charge in [-0.1, -0.05) is 35.7 Å². The second-order valence-corrected chi connectivity index (χ2v) is 6.41. The number of halogens is 2. The van der Waals surface area contributed by atoms with Gasteiger partial charge in [0.2, 0.25) is 0 Å². The van der Waals surface area contributed by atoms with Crippen molar-refractivity contribution in [1.29, 1.82) is 0 Å². The Bertz CT molecular complexity index is 577. The molecule has 1 aromatic heterocycles. The van der Waals surface area contributed by atoms with Crippen molar-refractivity contribution >= 4 is 34.5 Å². The van der Waals surface area contributed by atoms with Crippen molar-refractivity contribution in [3.05, 3.63) is 38.6 Å². The molecule has 1 N–H and O–H groups in total. The van der Waals surface area contributed by atoms with Crippen molar-refractivity contribution in [3.8, 4) is 11.3 Å². The molecule has 100 valence electrons. The molecular formula is C14H14Cl2N2S. The molecule has 1 unspecified atom stereocenters. The van der Waals surface area contributed by atoms with E-state index in [1.54, 1.807) is 11.3 Å². The lowest BCUT2D eigenvalue weighted by molar-refractivity contribution is 0.411. The van der Waals surface area contributed by atoms with Crippen molar-refractivity contribution < 1.29 is 0 Å². The molecule has 1 atom stereocenters. The Morgan fingerprint density at radius 2 is 2.11 bits per heavy atom. The SMILES string of the molecule is Clc1ccc(-c2csc(C3CCCCN3)n2)cc1Cl. The van der Waals surface area contributed by atoms with Gasteiger partial charge in [0.15, 0.2) is 0 Å². The molecule has 0 bridgehead atoms. The Labute approximate surface area is 126 Å². The zero-order valence-electron chi connectivity index (χ0n) is 10.3. The van der Waals surface area contributed by atoms with E-state index in [4.69, 9.17) is 28.2 Å². The van der Waals surface area contributed by atoms with E-state index >= 15 is 0 Å². The molecule has 0 spiro atoms. The van der Waals surface area contributed by atoms with E-state index in [2.05, 4.69) is 10.7 Å². The lowest BCUT2D eigenvalue weighted by Gasteiger charge is -2.21. The summed E-state index contributed by atoms with van der Waals surface area (Å²) in [6.07, 6.45) is 3.72. The van der Waals surface area contributed by atoms with Crippen molar-refractivity contribution in [1.82, 2.24) is 10.3 Å². The molecule has 1 aliphatic rings. The van der Waals surface area contributed by atoms with Gasteiger partial charge in [0.25, 0.3) is 0 Å². The molecule has 0 saturated carbocycles. The van der Waals surface area contributed by atoms with Crippen LogP contribution in [0.1, 0.15) is 30.3 Å². The monoisotopic (exact) mass is 312 g/mol. The van der Waals surface area contributed by atoms with Gasteiger partial charge in [0, 0.05) is 10.9 Å². The summed E-state index contributed by atoms with van der Waals surface area (Å²) in [5.41, 5.74) is 2.00. The van der Waals surface area contributed by atoms with Crippen LogP contribution in [0.2, 0.25) is 10.0 Å². The predicted molar refractivity (Wildman–Crippen MR) is 82.2 cm³/mol. The summed E-state index contributed by atoms with van der Waals surface area (Å²) in [5, 5.41) is 7.93. The van der Waals surface area contributed by atoms with Crippen LogP contribution < -0.4 is 5.32 Å². The molecule has 0 radical (unpaired) electrons. The molecule has 0 amide bonds. The van der Waals surface area contributed by atoms with Gasteiger partial charge in [-0.25, -0.2) is 4.98 Å². The number of rotatable bonds is 2. The summed E-state index contributed by atoms with van der Waals surface area (Å²) >= 11 is 13.7. The van der Waals surface area contributed by atoms with Crippen LogP contribution >= 0.6 is 34.5 Å². The van der Waals surface area contributed by atoms with Gasteiger partial charge in [-0.15, -0.1) is 11.3 Å². The largest absolute Gasteiger partial charge is 0.308 e. The number of piperidine rings is 1. The van der Waals surface area contributed by atoms with Gasteiger partial charge in [-0.2, -0.15) is 0 Å². The molecule has 19 heavy (non-hydrogen) atoms. The second-order valence-electron chi connectivity index (χ2n) is 4.70. The van der Waals surface area contributed by atoms with Crippen LogP contribution in [0.3, 0.4) is 0 Å². The number of benzene rings is 1. The van der Waals surface area contributed by atoms with Crippen LogP contribution in [0.15, 0.2) is 23.6 Å². The summed E-state index contributed by atoms with van der Waals surface area (Å²) in [7, 11) is 0. The second kappa shape index (κ2) is 5.80. The van der Waals surface area contributed by atoms with Gasteiger partial charge in [-0.3, -0.25) is 0 Å². The Hall–Kier alpha value is -0.610. The van der Waals surface area contributed by atoms with E-state index < -0.39 is 0 Å². The van der Waals surface area contributed by atoms with Crippen molar-refractivity contribution in [2.24, 2.45) is 0 Å². The fourth-order valence-corrected chi connectivity index (χ4v) is 3.53. The van der Waals surface area contributed by atoms with Gasteiger partial charge in [0.1, 0.15) is 5.01 Å². The Morgan fingerprint density at radius 1 is 1.21 bits per heavy atom. The van der Waals surface area contributed by atoms with Crippen LogP contribution in [0, 0.1) is 0 Å². The smallest absolute Gasteiger partial charge is 0.110 e. The molecule has 2 aromatic rings. The van der Waals surface area contributed by atoms with Gasteiger partial charge >= 0.3 is 0 Å². The van der Waals surface area contributed by atoms with Crippen molar-refractivity contribution in [3.63, 3.8) is 0 Å². The van der Waals surface area contributed by atoms with Crippen LogP contribution in [-0.4, -0.2) is 11.5 Å². The normalized spacial score (nSPS) is 19.6. The van der Waals surface area contributed by atoms with E-state index in [1.165, 1.54) is 24.3 Å². The standard InChI is InChI=1S/C14H14Cl2N2S/c15-10-5-4-9(7-11(10)16)13-8-19-14(18-13)12-3-1-2-6-17-12/h4-5,7-8,12,17H,1-3,6H2. The molecule has 0 aliphatic carbocycles. The average molecular weight is 313 g/mol. The molecule has 1 fully saturated rings. The van der Waals surface area contributed by atoms with E-state index in [9.17, 15) is 0 Å². The minimum absolute atomic E-state index is 0.412. The van der Waals surface area contributed by atoms with Gasteiger partial charge in [-0.05, 0) is 31.5 Å². The number of hydrogen-bond donors (Lipinski definition) is 1. The topological polar surface area (TPSA) is 24.9 Å². The fourth-order valence-electron chi connectivity index (χ4n) is 2.30. The highest BCUT2D eigenvalue weighted by atomic mass is 35.5. The first-order valence-electron chi connectivity index (χ1n) is 6.38. The van der Waals surface area contributed by atoms with Crippen molar-refractivity contribution in [2.75, 3.05) is 6.54 Å². The Kier molecular flexibility index (Phi) is 4.08. The summed E-state index contributed by atoms with van der Waals surface area (Å²) < 4.78 is 0. The molecule has 1 saturated heterocycles. The predicted octanol–water partition coefficient (Wildman–Crippen LogP) is 4.93. The highest BCUT2D eigenvalue weighted by Gasteiger charge is 2.18. The fraction of sp³-hybridized carbons (Fsp3) is 0.357. The molecule has 2 nitrogen and oxygen atoms in total. The third-order valence-corrected chi connectivity index (χ3v) is 5.04. The van der Waals surface area contributed by atoms with E-state index in [1.807, 2.05) is 18.2 Å². The van der Waals surface area contributed by atoms with E-state index in [0.717, 1.165) is 17.8 Å². The van der Waals surface area contributed by atoms with Crippen LogP contribution in [0.5, 0.6) is 0 Å². The number of nitrogens with one attached hydrogen (secondary N) is 1. The van der Waals surface area contributed by atoms with Crippen LogP contribution in [-0.2, 0) is 0 Å². The molecule has 3 rings (SSSR count). The average Bonchev–Trinajstić information content (AvgIpc) is 2.93.